The SMILES string of the molecule is CC1CCOC2(CCSCC2)C1. The fourth-order valence-corrected chi connectivity index (χ4v) is 3.60. The Morgan fingerprint density at radius 3 is 2.75 bits per heavy atom. The molecule has 0 bridgehead atoms. The molecular formula is C10H18OS. The van der Waals surface area contributed by atoms with Gasteiger partial charge >= 0.3 is 0 Å². The van der Waals surface area contributed by atoms with Crippen LogP contribution >= 0.6 is 11.8 Å². The molecular weight excluding hydrogens is 168 g/mol. The van der Waals surface area contributed by atoms with Crippen molar-refractivity contribution in [2.75, 3.05) is 18.1 Å². The molecule has 0 aliphatic carbocycles. The van der Waals surface area contributed by atoms with Crippen molar-refractivity contribution in [3.05, 3.63) is 0 Å². The normalized spacial score (nSPS) is 35.2. The van der Waals surface area contributed by atoms with Crippen LogP contribution in [0.5, 0.6) is 0 Å². The van der Waals surface area contributed by atoms with Gasteiger partial charge in [-0.25, -0.2) is 0 Å². The monoisotopic (exact) mass is 186 g/mol. The third kappa shape index (κ3) is 1.80. The molecule has 2 saturated heterocycles. The van der Waals surface area contributed by atoms with Crippen molar-refractivity contribution in [3.63, 3.8) is 0 Å². The second-order valence-corrected chi connectivity index (χ2v) is 5.47. The molecule has 70 valence electrons. The van der Waals surface area contributed by atoms with Crippen molar-refractivity contribution >= 4 is 11.8 Å². The smallest absolute Gasteiger partial charge is 0.0700 e. The number of rotatable bonds is 0. The summed E-state index contributed by atoms with van der Waals surface area (Å²) in [5.74, 6) is 3.52. The Kier molecular flexibility index (Phi) is 2.66. The first-order valence-electron chi connectivity index (χ1n) is 5.02. The van der Waals surface area contributed by atoms with E-state index in [4.69, 9.17) is 4.74 Å². The standard InChI is InChI=1S/C10H18OS/c1-9-2-5-11-10(8-9)3-6-12-7-4-10/h9H,2-8H2,1H3. The minimum absolute atomic E-state index is 0.308. The molecule has 0 aromatic rings. The number of thioether (sulfide) groups is 1. The Balaban J connectivity index is 1.97. The fourth-order valence-electron chi connectivity index (χ4n) is 2.36. The van der Waals surface area contributed by atoms with Crippen LogP contribution in [0.2, 0.25) is 0 Å². The van der Waals surface area contributed by atoms with Gasteiger partial charge in [0.2, 0.25) is 0 Å². The molecule has 1 spiro atoms. The summed E-state index contributed by atoms with van der Waals surface area (Å²) >= 11 is 2.08. The van der Waals surface area contributed by atoms with Crippen molar-refractivity contribution < 1.29 is 4.74 Å². The highest BCUT2D eigenvalue weighted by Gasteiger charge is 2.37. The number of ether oxygens (including phenoxy) is 1. The second kappa shape index (κ2) is 3.59. The largest absolute Gasteiger partial charge is 0.375 e. The van der Waals surface area contributed by atoms with Gasteiger partial charge < -0.3 is 4.74 Å². The van der Waals surface area contributed by atoms with Crippen LogP contribution in [-0.4, -0.2) is 23.7 Å². The summed E-state index contributed by atoms with van der Waals surface area (Å²) in [6.07, 6.45) is 5.17. The van der Waals surface area contributed by atoms with E-state index in [0.29, 0.717) is 5.60 Å². The second-order valence-electron chi connectivity index (χ2n) is 4.24. The predicted molar refractivity (Wildman–Crippen MR) is 53.6 cm³/mol. The minimum atomic E-state index is 0.308. The van der Waals surface area contributed by atoms with E-state index in [9.17, 15) is 0 Å². The molecule has 0 aromatic carbocycles. The van der Waals surface area contributed by atoms with Crippen LogP contribution in [0, 0.1) is 5.92 Å². The summed E-state index contributed by atoms with van der Waals surface area (Å²) in [6.45, 7) is 3.37. The summed E-state index contributed by atoms with van der Waals surface area (Å²) in [5.41, 5.74) is 0.308. The zero-order valence-electron chi connectivity index (χ0n) is 7.84. The highest BCUT2D eigenvalue weighted by atomic mass is 32.2. The van der Waals surface area contributed by atoms with Crippen molar-refractivity contribution in [1.82, 2.24) is 0 Å². The molecule has 2 aliphatic rings. The van der Waals surface area contributed by atoms with Crippen molar-refractivity contribution in [1.29, 1.82) is 0 Å². The molecule has 0 N–H and O–H groups in total. The Hall–Kier alpha value is 0.310. The lowest BCUT2D eigenvalue weighted by Gasteiger charge is -2.42. The van der Waals surface area contributed by atoms with Gasteiger partial charge in [-0.1, -0.05) is 6.92 Å². The summed E-state index contributed by atoms with van der Waals surface area (Å²) in [6, 6.07) is 0. The highest BCUT2D eigenvalue weighted by Crippen LogP contribution is 2.39. The molecule has 2 heteroatoms. The van der Waals surface area contributed by atoms with Gasteiger partial charge in [0.25, 0.3) is 0 Å². The van der Waals surface area contributed by atoms with Gasteiger partial charge in [-0.05, 0) is 43.1 Å². The van der Waals surface area contributed by atoms with Gasteiger partial charge in [-0.15, -0.1) is 0 Å². The lowest BCUT2D eigenvalue weighted by molar-refractivity contribution is -0.0990. The van der Waals surface area contributed by atoms with Gasteiger partial charge in [0.15, 0.2) is 0 Å². The van der Waals surface area contributed by atoms with Crippen molar-refractivity contribution in [2.24, 2.45) is 5.92 Å². The Bertz CT molecular complexity index is 146. The van der Waals surface area contributed by atoms with Crippen LogP contribution in [-0.2, 0) is 4.74 Å². The van der Waals surface area contributed by atoms with Crippen molar-refractivity contribution in [2.45, 2.75) is 38.2 Å². The fraction of sp³-hybridized carbons (Fsp3) is 1.00. The van der Waals surface area contributed by atoms with Crippen LogP contribution in [0.3, 0.4) is 0 Å². The van der Waals surface area contributed by atoms with E-state index in [-0.39, 0.29) is 0 Å². The highest BCUT2D eigenvalue weighted by molar-refractivity contribution is 7.99. The van der Waals surface area contributed by atoms with E-state index in [2.05, 4.69) is 18.7 Å². The first-order valence-corrected chi connectivity index (χ1v) is 6.18. The molecule has 0 aromatic heterocycles. The Morgan fingerprint density at radius 1 is 1.33 bits per heavy atom. The average molecular weight is 186 g/mol. The van der Waals surface area contributed by atoms with Gasteiger partial charge in [-0.2, -0.15) is 11.8 Å². The number of hydrogen-bond acceptors (Lipinski definition) is 2. The molecule has 2 fully saturated rings. The summed E-state index contributed by atoms with van der Waals surface area (Å²) in [7, 11) is 0. The minimum Gasteiger partial charge on any atom is -0.375 e. The molecule has 2 heterocycles. The molecule has 0 radical (unpaired) electrons. The zero-order chi connectivity index (χ0) is 8.44. The molecule has 0 amide bonds. The summed E-state index contributed by atoms with van der Waals surface area (Å²) in [5, 5.41) is 0. The van der Waals surface area contributed by atoms with Gasteiger partial charge in [0.1, 0.15) is 0 Å². The molecule has 2 rings (SSSR count). The van der Waals surface area contributed by atoms with E-state index >= 15 is 0 Å². The predicted octanol–water partition coefficient (Wildman–Crippen LogP) is 2.70. The van der Waals surface area contributed by atoms with Crippen LogP contribution in [0.15, 0.2) is 0 Å². The van der Waals surface area contributed by atoms with E-state index in [1.54, 1.807) is 0 Å². The maximum absolute atomic E-state index is 5.96. The Morgan fingerprint density at radius 2 is 2.08 bits per heavy atom. The maximum Gasteiger partial charge on any atom is 0.0700 e. The first-order chi connectivity index (χ1) is 5.81. The maximum atomic E-state index is 5.96. The lowest BCUT2D eigenvalue weighted by atomic mass is 9.83. The van der Waals surface area contributed by atoms with Gasteiger partial charge in [-0.3, -0.25) is 0 Å². The molecule has 0 saturated carbocycles. The van der Waals surface area contributed by atoms with Crippen molar-refractivity contribution in [3.8, 4) is 0 Å². The van der Waals surface area contributed by atoms with E-state index in [1.807, 2.05) is 0 Å². The molecule has 1 atom stereocenters. The van der Waals surface area contributed by atoms with Crippen LogP contribution in [0.4, 0.5) is 0 Å². The summed E-state index contributed by atoms with van der Waals surface area (Å²) in [4.78, 5) is 0. The zero-order valence-corrected chi connectivity index (χ0v) is 8.66. The van der Waals surface area contributed by atoms with Crippen LogP contribution in [0.1, 0.15) is 32.6 Å². The Labute approximate surface area is 79.2 Å². The topological polar surface area (TPSA) is 9.23 Å². The number of hydrogen-bond donors (Lipinski definition) is 0. The summed E-state index contributed by atoms with van der Waals surface area (Å²) < 4.78 is 5.96. The van der Waals surface area contributed by atoms with E-state index in [1.165, 1.54) is 37.2 Å². The van der Waals surface area contributed by atoms with Gasteiger partial charge in [0.05, 0.1) is 5.60 Å². The first kappa shape index (κ1) is 8.89. The van der Waals surface area contributed by atoms with E-state index in [0.717, 1.165) is 12.5 Å². The van der Waals surface area contributed by atoms with Gasteiger partial charge in [0, 0.05) is 6.61 Å². The third-order valence-corrected chi connectivity index (χ3v) is 4.13. The van der Waals surface area contributed by atoms with E-state index < -0.39 is 0 Å². The quantitative estimate of drug-likeness (QED) is 0.575. The van der Waals surface area contributed by atoms with Crippen LogP contribution in [0.25, 0.3) is 0 Å². The molecule has 2 aliphatic heterocycles. The van der Waals surface area contributed by atoms with Crippen LogP contribution < -0.4 is 0 Å². The third-order valence-electron chi connectivity index (χ3n) is 3.14. The molecule has 1 nitrogen and oxygen atoms in total. The average Bonchev–Trinajstić information content (AvgIpc) is 2.05. The lowest BCUT2D eigenvalue weighted by Crippen LogP contribution is -2.42. The molecule has 1 unspecified atom stereocenters. The molecule has 12 heavy (non-hydrogen) atoms.